The van der Waals surface area contributed by atoms with Gasteiger partial charge in [0.15, 0.2) is 5.79 Å². The summed E-state index contributed by atoms with van der Waals surface area (Å²) in [6, 6.07) is 10.5. The number of rotatable bonds is 4. The summed E-state index contributed by atoms with van der Waals surface area (Å²) in [5.41, 5.74) is 7.62. The lowest BCUT2D eigenvalue weighted by molar-refractivity contribution is -0.185. The topological polar surface area (TPSA) is 47.7 Å². The summed E-state index contributed by atoms with van der Waals surface area (Å²) in [7, 11) is 0. The summed E-state index contributed by atoms with van der Waals surface area (Å²) in [6.07, 6.45) is 1.95. The second kappa shape index (κ2) is 6.44. The predicted molar refractivity (Wildman–Crippen MR) is 82.8 cm³/mol. The van der Waals surface area contributed by atoms with E-state index in [0.29, 0.717) is 5.92 Å². The third-order valence-corrected chi connectivity index (χ3v) is 4.78. The molecule has 1 spiro atoms. The number of nitrogens with two attached hydrogens (primary N) is 1. The van der Waals surface area contributed by atoms with E-state index < -0.39 is 0 Å². The van der Waals surface area contributed by atoms with Gasteiger partial charge in [0.1, 0.15) is 0 Å². The molecule has 2 heterocycles. The summed E-state index contributed by atoms with van der Waals surface area (Å²) in [5.74, 6) is 0.160. The molecule has 2 aliphatic rings. The van der Waals surface area contributed by atoms with Crippen LogP contribution in [0.25, 0.3) is 0 Å². The second-order valence-corrected chi connectivity index (χ2v) is 6.32. The Morgan fingerprint density at radius 2 is 1.76 bits per heavy atom. The van der Waals surface area contributed by atoms with E-state index in [4.69, 9.17) is 15.2 Å². The molecule has 2 fully saturated rings. The molecular weight excluding hydrogens is 264 g/mol. The Labute approximate surface area is 127 Å². The van der Waals surface area contributed by atoms with Gasteiger partial charge in [0.25, 0.3) is 0 Å². The normalized spacial score (nSPS) is 25.0. The van der Waals surface area contributed by atoms with Crippen LogP contribution in [0.3, 0.4) is 0 Å². The van der Waals surface area contributed by atoms with Crippen LogP contribution < -0.4 is 5.73 Å². The highest BCUT2D eigenvalue weighted by molar-refractivity contribution is 5.19. The van der Waals surface area contributed by atoms with E-state index in [1.807, 2.05) is 6.07 Å². The lowest BCUT2D eigenvalue weighted by atomic mass is 9.93. The van der Waals surface area contributed by atoms with Crippen molar-refractivity contribution in [1.29, 1.82) is 0 Å². The second-order valence-electron chi connectivity index (χ2n) is 6.32. The van der Waals surface area contributed by atoms with Gasteiger partial charge < -0.3 is 20.1 Å². The predicted octanol–water partition coefficient (Wildman–Crippen LogP) is 2.16. The minimum Gasteiger partial charge on any atom is -0.347 e. The van der Waals surface area contributed by atoms with E-state index in [9.17, 15) is 0 Å². The molecule has 0 unspecified atom stereocenters. The average molecular weight is 290 g/mol. The first kappa shape index (κ1) is 15.0. The number of nitrogens with zero attached hydrogens (tertiary/aromatic N) is 1. The van der Waals surface area contributed by atoms with Crippen molar-refractivity contribution in [2.45, 2.75) is 31.6 Å². The van der Waals surface area contributed by atoms with Crippen molar-refractivity contribution in [3.05, 3.63) is 35.9 Å². The van der Waals surface area contributed by atoms with Crippen molar-refractivity contribution in [3.63, 3.8) is 0 Å². The summed E-state index contributed by atoms with van der Waals surface area (Å²) < 4.78 is 11.6. The molecule has 4 heteroatoms. The van der Waals surface area contributed by atoms with Crippen LogP contribution >= 0.6 is 0 Å². The number of ether oxygens (including phenoxy) is 2. The van der Waals surface area contributed by atoms with Crippen LogP contribution in [0.4, 0.5) is 0 Å². The molecule has 2 aliphatic heterocycles. The van der Waals surface area contributed by atoms with Gasteiger partial charge in [0, 0.05) is 38.5 Å². The third-order valence-electron chi connectivity index (χ3n) is 4.78. The van der Waals surface area contributed by atoms with E-state index in [1.165, 1.54) is 5.56 Å². The van der Waals surface area contributed by atoms with E-state index in [0.717, 1.165) is 45.7 Å². The fourth-order valence-electron chi connectivity index (χ4n) is 3.39. The molecule has 2 N–H and O–H groups in total. The molecule has 4 nitrogen and oxygen atoms in total. The van der Waals surface area contributed by atoms with Gasteiger partial charge in [-0.1, -0.05) is 37.3 Å². The summed E-state index contributed by atoms with van der Waals surface area (Å²) in [6.45, 7) is 6.83. The molecule has 2 atom stereocenters. The van der Waals surface area contributed by atoms with Crippen LogP contribution in [-0.4, -0.2) is 43.5 Å². The van der Waals surface area contributed by atoms with Crippen molar-refractivity contribution in [1.82, 2.24) is 4.90 Å². The highest BCUT2D eigenvalue weighted by Crippen LogP contribution is 2.32. The Hall–Kier alpha value is -0.940. The Morgan fingerprint density at radius 1 is 1.14 bits per heavy atom. The number of hydrogen-bond donors (Lipinski definition) is 1. The first-order chi connectivity index (χ1) is 10.2. The number of piperidine rings is 1. The summed E-state index contributed by atoms with van der Waals surface area (Å²) in [4.78, 5) is 2.49. The molecule has 0 saturated carbocycles. The fraction of sp³-hybridized carbons (Fsp3) is 0.647. The molecule has 0 aliphatic carbocycles. The Kier molecular flexibility index (Phi) is 4.60. The first-order valence-corrected chi connectivity index (χ1v) is 7.99. The van der Waals surface area contributed by atoms with Crippen molar-refractivity contribution in [2.75, 3.05) is 32.8 Å². The molecular formula is C17H26N2O2. The van der Waals surface area contributed by atoms with Crippen molar-refractivity contribution in [2.24, 2.45) is 11.7 Å². The molecule has 3 rings (SSSR count). The lowest BCUT2D eigenvalue weighted by Crippen LogP contribution is -2.47. The molecule has 0 radical (unpaired) electrons. The molecule has 1 aromatic rings. The van der Waals surface area contributed by atoms with E-state index in [2.05, 4.69) is 36.1 Å². The number of hydrogen-bond acceptors (Lipinski definition) is 4. The zero-order chi connectivity index (χ0) is 14.7. The summed E-state index contributed by atoms with van der Waals surface area (Å²) in [5, 5.41) is 0. The molecule has 0 aromatic heterocycles. The van der Waals surface area contributed by atoms with E-state index >= 15 is 0 Å². The molecule has 0 bridgehead atoms. The van der Waals surface area contributed by atoms with Crippen molar-refractivity contribution in [3.8, 4) is 0 Å². The maximum Gasteiger partial charge on any atom is 0.170 e. The first-order valence-electron chi connectivity index (χ1n) is 7.99. The zero-order valence-electron chi connectivity index (χ0n) is 12.8. The lowest BCUT2D eigenvalue weighted by Gasteiger charge is -2.39. The Bertz CT molecular complexity index is 435. The van der Waals surface area contributed by atoms with E-state index in [-0.39, 0.29) is 11.8 Å². The molecule has 116 valence electrons. The Balaban J connectivity index is 1.50. The summed E-state index contributed by atoms with van der Waals surface area (Å²) >= 11 is 0. The van der Waals surface area contributed by atoms with Crippen LogP contribution in [0.1, 0.15) is 31.4 Å². The van der Waals surface area contributed by atoms with Crippen LogP contribution in [0.5, 0.6) is 0 Å². The van der Waals surface area contributed by atoms with Gasteiger partial charge in [-0.15, -0.1) is 0 Å². The number of benzene rings is 1. The van der Waals surface area contributed by atoms with Gasteiger partial charge >= 0.3 is 0 Å². The van der Waals surface area contributed by atoms with Gasteiger partial charge in [0.05, 0.1) is 13.2 Å². The van der Waals surface area contributed by atoms with Crippen molar-refractivity contribution < 1.29 is 9.47 Å². The van der Waals surface area contributed by atoms with Crippen LogP contribution in [0.15, 0.2) is 30.3 Å². The van der Waals surface area contributed by atoms with Crippen molar-refractivity contribution >= 4 is 0 Å². The van der Waals surface area contributed by atoms with Crippen LogP contribution in [0.2, 0.25) is 0 Å². The monoisotopic (exact) mass is 290 g/mol. The maximum absolute atomic E-state index is 6.40. The van der Waals surface area contributed by atoms with Gasteiger partial charge in [-0.05, 0) is 11.5 Å². The SMILES string of the molecule is C[C@@H](CN1CCC2(CC1)OCCO2)[C@@H](N)c1ccccc1. The van der Waals surface area contributed by atoms with Gasteiger partial charge in [-0.25, -0.2) is 0 Å². The van der Waals surface area contributed by atoms with Crippen LogP contribution in [0, 0.1) is 5.92 Å². The molecule has 2 saturated heterocycles. The third kappa shape index (κ3) is 3.46. The quantitative estimate of drug-likeness (QED) is 0.923. The van der Waals surface area contributed by atoms with E-state index in [1.54, 1.807) is 0 Å². The smallest absolute Gasteiger partial charge is 0.170 e. The van der Waals surface area contributed by atoms with Gasteiger partial charge in [-0.3, -0.25) is 0 Å². The fourth-order valence-corrected chi connectivity index (χ4v) is 3.39. The molecule has 0 amide bonds. The molecule has 1 aromatic carbocycles. The molecule has 21 heavy (non-hydrogen) atoms. The standard InChI is InChI=1S/C17H26N2O2/c1-14(16(18)15-5-3-2-4-6-15)13-19-9-7-17(8-10-19)20-11-12-21-17/h2-6,14,16H,7-13,18H2,1H3/t14-,16+/m0/s1. The highest BCUT2D eigenvalue weighted by Gasteiger charge is 2.39. The average Bonchev–Trinajstić information content (AvgIpc) is 2.98. The maximum atomic E-state index is 6.40. The Morgan fingerprint density at radius 3 is 2.38 bits per heavy atom. The van der Waals surface area contributed by atoms with Gasteiger partial charge in [0.2, 0.25) is 0 Å². The minimum absolute atomic E-state index is 0.0982. The largest absolute Gasteiger partial charge is 0.347 e. The number of likely N-dealkylation sites (tertiary alicyclic amines) is 1. The van der Waals surface area contributed by atoms with Crippen LogP contribution in [-0.2, 0) is 9.47 Å². The minimum atomic E-state index is -0.277. The zero-order valence-corrected chi connectivity index (χ0v) is 12.8. The highest BCUT2D eigenvalue weighted by atomic mass is 16.7. The van der Waals surface area contributed by atoms with Gasteiger partial charge in [-0.2, -0.15) is 0 Å².